The number of carbonyl (C=O) groups is 1. The van der Waals surface area contributed by atoms with Gasteiger partial charge in [0.15, 0.2) is 0 Å². The number of fused-ring (bicyclic) bond motifs is 1. The van der Waals surface area contributed by atoms with E-state index >= 15 is 0 Å². The third kappa shape index (κ3) is 2.87. The summed E-state index contributed by atoms with van der Waals surface area (Å²) < 4.78 is 5.79. The van der Waals surface area contributed by atoms with Gasteiger partial charge in [-0.05, 0) is 19.2 Å². The molecule has 0 bridgehead atoms. The predicted molar refractivity (Wildman–Crippen MR) is 84.9 cm³/mol. The molecule has 8 heteroatoms. The first-order valence-corrected chi connectivity index (χ1v) is 7.58. The number of nitro groups is 1. The molecule has 0 aromatic heterocycles. The van der Waals surface area contributed by atoms with E-state index in [4.69, 9.17) is 4.74 Å². The fourth-order valence-electron chi connectivity index (χ4n) is 3.28. The number of nitrogens with one attached hydrogen (secondary N) is 1. The summed E-state index contributed by atoms with van der Waals surface area (Å²) in [5.41, 5.74) is 0.773. The Bertz CT molecular complexity index is 636. The van der Waals surface area contributed by atoms with Gasteiger partial charge in [-0.1, -0.05) is 0 Å². The van der Waals surface area contributed by atoms with Gasteiger partial charge in [-0.15, -0.1) is 0 Å². The van der Waals surface area contributed by atoms with Crippen LogP contribution in [0.5, 0.6) is 0 Å². The van der Waals surface area contributed by atoms with Gasteiger partial charge >= 0.3 is 0 Å². The van der Waals surface area contributed by atoms with Gasteiger partial charge in [0.2, 0.25) is 0 Å². The Kier molecular flexibility index (Phi) is 4.18. The molecule has 0 radical (unpaired) electrons. The summed E-state index contributed by atoms with van der Waals surface area (Å²) in [5, 5.41) is 13.9. The number of benzene rings is 1. The first kappa shape index (κ1) is 15.7. The van der Waals surface area contributed by atoms with Crippen LogP contribution < -0.4 is 10.2 Å². The number of carbonyl (C=O) groups excluding carboxylic acids is 1. The van der Waals surface area contributed by atoms with Gasteiger partial charge in [-0.3, -0.25) is 19.8 Å². The van der Waals surface area contributed by atoms with Gasteiger partial charge in [0.05, 0.1) is 23.7 Å². The lowest BCUT2D eigenvalue weighted by Crippen LogP contribution is -2.48. The van der Waals surface area contributed by atoms with Crippen LogP contribution in [0.25, 0.3) is 0 Å². The molecule has 2 aliphatic rings. The second-order valence-corrected chi connectivity index (χ2v) is 5.90. The largest absolute Gasteiger partial charge is 0.373 e. The van der Waals surface area contributed by atoms with Crippen LogP contribution in [0.15, 0.2) is 18.2 Å². The highest BCUT2D eigenvalue weighted by Crippen LogP contribution is 2.34. The number of hydrogen-bond acceptors (Lipinski definition) is 6. The maximum absolute atomic E-state index is 11.7. The lowest BCUT2D eigenvalue weighted by atomic mass is 10.1. The van der Waals surface area contributed by atoms with Crippen molar-refractivity contribution in [3.63, 3.8) is 0 Å². The van der Waals surface area contributed by atoms with E-state index in [-0.39, 0.29) is 29.3 Å². The Hall–Kier alpha value is -2.19. The first-order valence-electron chi connectivity index (χ1n) is 7.58. The van der Waals surface area contributed by atoms with Gasteiger partial charge in [0, 0.05) is 38.3 Å². The fourth-order valence-corrected chi connectivity index (χ4v) is 3.28. The monoisotopic (exact) mass is 320 g/mol. The molecule has 2 fully saturated rings. The van der Waals surface area contributed by atoms with E-state index in [1.807, 2.05) is 11.9 Å². The van der Waals surface area contributed by atoms with Gasteiger partial charge < -0.3 is 15.0 Å². The van der Waals surface area contributed by atoms with E-state index in [0.29, 0.717) is 25.4 Å². The number of nitro benzene ring substituents is 1. The molecule has 124 valence electrons. The SMILES string of the molecule is CNC(=O)c1ccc(N2CC3OCCN(C)C3C2)c([N+](=O)[O-])c1. The van der Waals surface area contributed by atoms with Crippen LogP contribution in [0.1, 0.15) is 10.4 Å². The summed E-state index contributed by atoms with van der Waals surface area (Å²) in [6.45, 7) is 2.85. The number of anilines is 1. The van der Waals surface area contributed by atoms with E-state index in [1.54, 1.807) is 12.1 Å². The van der Waals surface area contributed by atoms with Crippen molar-refractivity contribution in [1.82, 2.24) is 10.2 Å². The number of amides is 1. The minimum Gasteiger partial charge on any atom is -0.373 e. The third-order valence-electron chi connectivity index (χ3n) is 4.58. The molecule has 2 aliphatic heterocycles. The zero-order chi connectivity index (χ0) is 16.6. The molecule has 2 atom stereocenters. The summed E-state index contributed by atoms with van der Waals surface area (Å²) in [7, 11) is 3.55. The van der Waals surface area contributed by atoms with Gasteiger partial charge in [-0.25, -0.2) is 0 Å². The van der Waals surface area contributed by atoms with Gasteiger partial charge in [-0.2, -0.15) is 0 Å². The quantitative estimate of drug-likeness (QED) is 0.643. The Labute approximate surface area is 134 Å². The zero-order valence-corrected chi connectivity index (χ0v) is 13.2. The molecule has 0 spiro atoms. The minimum absolute atomic E-state index is 0.0487. The van der Waals surface area contributed by atoms with Gasteiger partial charge in [0.25, 0.3) is 11.6 Å². The lowest BCUT2D eigenvalue weighted by Gasteiger charge is -2.33. The molecule has 8 nitrogen and oxygen atoms in total. The van der Waals surface area contributed by atoms with Crippen molar-refractivity contribution in [3.8, 4) is 0 Å². The average molecular weight is 320 g/mol. The molecule has 3 rings (SSSR count). The summed E-state index contributed by atoms with van der Waals surface area (Å²) in [6, 6.07) is 4.84. The molecule has 2 unspecified atom stereocenters. The second kappa shape index (κ2) is 6.13. The standard InChI is InChI=1S/C15H20N4O4/c1-16-15(20)10-3-4-11(12(7-10)19(21)22)18-8-13-14(9-18)23-6-5-17(13)2/h3-4,7,13-14H,5-6,8-9H2,1-2H3,(H,16,20). The molecule has 1 aromatic rings. The Morgan fingerprint density at radius 1 is 1.43 bits per heavy atom. The molecule has 2 heterocycles. The topological polar surface area (TPSA) is 88.0 Å². The average Bonchev–Trinajstić information content (AvgIpc) is 2.99. The number of morpholine rings is 1. The highest BCUT2D eigenvalue weighted by molar-refractivity contribution is 5.95. The van der Waals surface area contributed by atoms with Crippen LogP contribution in [-0.4, -0.2) is 68.2 Å². The van der Waals surface area contributed by atoms with Crippen molar-refractivity contribution in [2.75, 3.05) is 45.2 Å². The van der Waals surface area contributed by atoms with E-state index in [0.717, 1.165) is 6.54 Å². The Morgan fingerprint density at radius 3 is 2.87 bits per heavy atom. The van der Waals surface area contributed by atoms with Crippen LogP contribution in [0.3, 0.4) is 0 Å². The summed E-state index contributed by atoms with van der Waals surface area (Å²) in [5.74, 6) is -0.335. The maximum Gasteiger partial charge on any atom is 0.293 e. The molecule has 23 heavy (non-hydrogen) atoms. The Balaban J connectivity index is 1.90. The summed E-state index contributed by atoms with van der Waals surface area (Å²) in [4.78, 5) is 26.9. The van der Waals surface area contributed by atoms with Gasteiger partial charge in [0.1, 0.15) is 5.69 Å². The van der Waals surface area contributed by atoms with Crippen LogP contribution in [0.4, 0.5) is 11.4 Å². The number of likely N-dealkylation sites (N-methyl/N-ethyl adjacent to an activating group) is 1. The third-order valence-corrected chi connectivity index (χ3v) is 4.58. The number of hydrogen-bond donors (Lipinski definition) is 1. The minimum atomic E-state index is -0.436. The van der Waals surface area contributed by atoms with Crippen LogP contribution in [-0.2, 0) is 4.74 Å². The smallest absolute Gasteiger partial charge is 0.293 e. The molecular weight excluding hydrogens is 300 g/mol. The summed E-state index contributed by atoms with van der Waals surface area (Å²) in [6.07, 6.45) is 0.0620. The first-order chi connectivity index (χ1) is 11.0. The van der Waals surface area contributed by atoms with E-state index in [9.17, 15) is 14.9 Å². The highest BCUT2D eigenvalue weighted by Gasteiger charge is 2.40. The van der Waals surface area contributed by atoms with E-state index in [2.05, 4.69) is 10.2 Å². The van der Waals surface area contributed by atoms with Crippen molar-refractivity contribution in [2.45, 2.75) is 12.1 Å². The molecule has 0 saturated carbocycles. The molecule has 1 amide bonds. The normalized spacial score (nSPS) is 24.3. The molecule has 2 saturated heterocycles. The predicted octanol–water partition coefficient (Wildman–Crippen LogP) is 0.474. The molecule has 0 aliphatic carbocycles. The summed E-state index contributed by atoms with van der Waals surface area (Å²) >= 11 is 0. The number of ether oxygens (including phenoxy) is 1. The van der Waals surface area contributed by atoms with E-state index in [1.165, 1.54) is 13.1 Å². The van der Waals surface area contributed by atoms with Crippen molar-refractivity contribution < 1.29 is 14.5 Å². The van der Waals surface area contributed by atoms with Crippen molar-refractivity contribution in [1.29, 1.82) is 0 Å². The van der Waals surface area contributed by atoms with E-state index < -0.39 is 4.92 Å². The van der Waals surface area contributed by atoms with Crippen molar-refractivity contribution in [3.05, 3.63) is 33.9 Å². The highest BCUT2D eigenvalue weighted by atomic mass is 16.6. The molecular formula is C15H20N4O4. The van der Waals surface area contributed by atoms with Crippen molar-refractivity contribution in [2.24, 2.45) is 0 Å². The van der Waals surface area contributed by atoms with Crippen LogP contribution in [0, 0.1) is 10.1 Å². The van der Waals surface area contributed by atoms with Crippen LogP contribution in [0.2, 0.25) is 0 Å². The molecule has 1 aromatic carbocycles. The fraction of sp³-hybridized carbons (Fsp3) is 0.533. The van der Waals surface area contributed by atoms with Crippen molar-refractivity contribution >= 4 is 17.3 Å². The lowest BCUT2D eigenvalue weighted by molar-refractivity contribution is -0.384. The number of nitrogens with zero attached hydrogens (tertiary/aromatic N) is 3. The molecule has 1 N–H and O–H groups in total. The Morgan fingerprint density at radius 2 is 2.22 bits per heavy atom. The zero-order valence-electron chi connectivity index (χ0n) is 13.2. The van der Waals surface area contributed by atoms with Crippen LogP contribution >= 0.6 is 0 Å². The maximum atomic E-state index is 11.7. The number of rotatable bonds is 3. The second-order valence-electron chi connectivity index (χ2n) is 5.90.